The zero-order valence-electron chi connectivity index (χ0n) is 15.6. The summed E-state index contributed by atoms with van der Waals surface area (Å²) < 4.78 is 8.61. The molecule has 0 fully saturated rings. The summed E-state index contributed by atoms with van der Waals surface area (Å²) in [6, 6.07) is 9.67. The number of rotatable bonds is 6. The van der Waals surface area contributed by atoms with E-state index in [1.165, 1.54) is 6.08 Å². The molecule has 5 nitrogen and oxygen atoms in total. The Morgan fingerprint density at radius 2 is 2.15 bits per heavy atom. The molecule has 0 spiro atoms. The van der Waals surface area contributed by atoms with Crippen LogP contribution in [0.1, 0.15) is 30.7 Å². The minimum Gasteiger partial charge on any atom is -0.491 e. The molecule has 0 aliphatic rings. The molecule has 27 heavy (non-hydrogen) atoms. The number of amides is 1. The van der Waals surface area contributed by atoms with Crippen LogP contribution in [0.25, 0.3) is 11.7 Å². The fourth-order valence-electron chi connectivity index (χ4n) is 2.73. The van der Waals surface area contributed by atoms with E-state index < -0.39 is 0 Å². The zero-order chi connectivity index (χ0) is 19.4. The maximum absolute atomic E-state index is 12.1. The van der Waals surface area contributed by atoms with Crippen molar-refractivity contribution >= 4 is 33.6 Å². The van der Waals surface area contributed by atoms with Crippen molar-refractivity contribution in [1.29, 1.82) is 0 Å². The van der Waals surface area contributed by atoms with E-state index in [9.17, 15) is 4.79 Å². The third kappa shape index (κ3) is 5.20. The van der Waals surface area contributed by atoms with Crippen LogP contribution in [-0.4, -0.2) is 21.4 Å². The third-order valence-electron chi connectivity index (χ3n) is 3.85. The summed E-state index contributed by atoms with van der Waals surface area (Å²) in [6.45, 7) is 6.35. The van der Waals surface area contributed by atoms with E-state index in [1.807, 2.05) is 67.9 Å². The van der Waals surface area contributed by atoms with Crippen molar-refractivity contribution in [2.75, 3.05) is 0 Å². The normalized spacial score (nSPS) is 11.4. The van der Waals surface area contributed by atoms with E-state index in [4.69, 9.17) is 4.74 Å². The van der Waals surface area contributed by atoms with Gasteiger partial charge in [0.2, 0.25) is 5.91 Å². The van der Waals surface area contributed by atoms with Crippen LogP contribution in [0, 0.1) is 6.92 Å². The summed E-state index contributed by atoms with van der Waals surface area (Å²) in [7, 11) is 0. The Hall–Kier alpha value is -2.60. The molecule has 3 aromatic rings. The van der Waals surface area contributed by atoms with Crippen LogP contribution in [-0.2, 0) is 11.3 Å². The minimum absolute atomic E-state index is 0.113. The fourth-order valence-corrected chi connectivity index (χ4v) is 3.30. The SMILES string of the molecule is Cc1cc(Br)cn2cc(CNC(=O)/C=C/c3cccc(OC(C)C)c3)nc12. The van der Waals surface area contributed by atoms with Gasteiger partial charge in [0, 0.05) is 22.9 Å². The highest BCUT2D eigenvalue weighted by Crippen LogP contribution is 2.17. The van der Waals surface area contributed by atoms with Crippen molar-refractivity contribution in [3.8, 4) is 5.75 Å². The molecule has 0 saturated carbocycles. The van der Waals surface area contributed by atoms with Crippen LogP contribution in [0.3, 0.4) is 0 Å². The number of fused-ring (bicyclic) bond motifs is 1. The number of imidazole rings is 1. The van der Waals surface area contributed by atoms with Crippen molar-refractivity contribution in [3.05, 3.63) is 70.1 Å². The van der Waals surface area contributed by atoms with Crippen LogP contribution in [0.2, 0.25) is 0 Å². The monoisotopic (exact) mass is 427 g/mol. The second-order valence-electron chi connectivity index (χ2n) is 6.59. The number of aromatic nitrogens is 2. The summed E-state index contributed by atoms with van der Waals surface area (Å²) in [5, 5.41) is 2.87. The number of hydrogen-bond donors (Lipinski definition) is 1. The van der Waals surface area contributed by atoms with Gasteiger partial charge >= 0.3 is 0 Å². The largest absolute Gasteiger partial charge is 0.491 e. The average Bonchev–Trinajstić information content (AvgIpc) is 3.01. The molecule has 140 valence electrons. The maximum Gasteiger partial charge on any atom is 0.244 e. The Labute approximate surface area is 167 Å². The molecule has 0 aliphatic carbocycles. The van der Waals surface area contributed by atoms with Crippen molar-refractivity contribution in [3.63, 3.8) is 0 Å². The predicted molar refractivity (Wildman–Crippen MR) is 111 cm³/mol. The Morgan fingerprint density at radius 1 is 1.33 bits per heavy atom. The second kappa shape index (κ2) is 8.39. The highest BCUT2D eigenvalue weighted by molar-refractivity contribution is 9.10. The number of pyridine rings is 1. The standard InChI is InChI=1S/C21H22BrN3O2/c1-14(2)27-19-6-4-5-16(10-19)7-8-20(26)23-11-18-13-25-12-17(22)9-15(3)21(25)24-18/h4-10,12-14H,11H2,1-3H3,(H,23,26)/b8-7+. The highest BCUT2D eigenvalue weighted by Gasteiger charge is 2.06. The molecular formula is C21H22BrN3O2. The molecule has 0 bridgehead atoms. The number of carbonyl (C=O) groups excluding carboxylic acids is 1. The molecule has 1 aromatic carbocycles. The van der Waals surface area contributed by atoms with Gasteiger partial charge in [-0.3, -0.25) is 4.79 Å². The molecule has 0 aliphatic heterocycles. The molecule has 0 radical (unpaired) electrons. The first-order valence-electron chi connectivity index (χ1n) is 8.77. The van der Waals surface area contributed by atoms with Gasteiger partial charge < -0.3 is 14.5 Å². The van der Waals surface area contributed by atoms with Crippen LogP contribution in [0.4, 0.5) is 0 Å². The number of ether oxygens (including phenoxy) is 1. The van der Waals surface area contributed by atoms with Gasteiger partial charge in [-0.25, -0.2) is 4.98 Å². The van der Waals surface area contributed by atoms with E-state index in [0.29, 0.717) is 6.54 Å². The lowest BCUT2D eigenvalue weighted by Gasteiger charge is -2.09. The average molecular weight is 428 g/mol. The Balaban J connectivity index is 1.61. The van der Waals surface area contributed by atoms with Crippen LogP contribution in [0.5, 0.6) is 5.75 Å². The Bertz CT molecular complexity index is 992. The lowest BCUT2D eigenvalue weighted by atomic mass is 10.2. The number of nitrogens with one attached hydrogen (secondary N) is 1. The lowest BCUT2D eigenvalue weighted by molar-refractivity contribution is -0.116. The van der Waals surface area contributed by atoms with Gasteiger partial charge in [0.25, 0.3) is 0 Å². The predicted octanol–water partition coefficient (Wildman–Crippen LogP) is 4.52. The number of aryl methyl sites for hydroxylation is 1. The molecule has 0 unspecified atom stereocenters. The molecule has 3 rings (SSSR count). The van der Waals surface area contributed by atoms with Gasteiger partial charge in [0.05, 0.1) is 18.3 Å². The first-order valence-corrected chi connectivity index (χ1v) is 9.56. The van der Waals surface area contributed by atoms with Crippen LogP contribution in [0.15, 0.2) is 53.3 Å². The summed E-state index contributed by atoms with van der Waals surface area (Å²) >= 11 is 3.48. The smallest absolute Gasteiger partial charge is 0.244 e. The fraction of sp³-hybridized carbons (Fsp3) is 0.238. The number of halogens is 1. The zero-order valence-corrected chi connectivity index (χ0v) is 17.2. The molecule has 2 heterocycles. The summed E-state index contributed by atoms with van der Waals surface area (Å²) in [5.74, 6) is 0.624. The topological polar surface area (TPSA) is 55.6 Å². The third-order valence-corrected chi connectivity index (χ3v) is 4.29. The van der Waals surface area contributed by atoms with Crippen molar-refractivity contribution in [1.82, 2.24) is 14.7 Å². The van der Waals surface area contributed by atoms with E-state index in [2.05, 4.69) is 26.2 Å². The van der Waals surface area contributed by atoms with Gasteiger partial charge in [-0.1, -0.05) is 12.1 Å². The van der Waals surface area contributed by atoms with Crippen LogP contribution >= 0.6 is 15.9 Å². The first-order chi connectivity index (χ1) is 12.9. The highest BCUT2D eigenvalue weighted by atomic mass is 79.9. The number of benzene rings is 1. The molecule has 2 aromatic heterocycles. The summed E-state index contributed by atoms with van der Waals surface area (Å²) in [4.78, 5) is 16.7. The number of carbonyl (C=O) groups is 1. The summed E-state index contributed by atoms with van der Waals surface area (Å²) in [6.07, 6.45) is 7.28. The lowest BCUT2D eigenvalue weighted by Crippen LogP contribution is -2.20. The molecular weight excluding hydrogens is 406 g/mol. The van der Waals surface area contributed by atoms with Gasteiger partial charge in [0.1, 0.15) is 11.4 Å². The number of nitrogens with zero attached hydrogens (tertiary/aromatic N) is 2. The van der Waals surface area contributed by atoms with Gasteiger partial charge in [0.15, 0.2) is 0 Å². The Kier molecular flexibility index (Phi) is 5.96. The molecule has 0 saturated heterocycles. The minimum atomic E-state index is -0.167. The molecule has 1 N–H and O–H groups in total. The summed E-state index contributed by atoms with van der Waals surface area (Å²) in [5.41, 5.74) is 3.69. The van der Waals surface area contributed by atoms with E-state index in [0.717, 1.165) is 32.7 Å². The number of hydrogen-bond acceptors (Lipinski definition) is 3. The van der Waals surface area contributed by atoms with E-state index in [1.54, 1.807) is 6.08 Å². The van der Waals surface area contributed by atoms with Crippen LogP contribution < -0.4 is 10.1 Å². The Morgan fingerprint density at radius 3 is 2.93 bits per heavy atom. The molecule has 6 heteroatoms. The van der Waals surface area contributed by atoms with Crippen molar-refractivity contribution in [2.24, 2.45) is 0 Å². The van der Waals surface area contributed by atoms with Gasteiger partial charge in [-0.15, -0.1) is 0 Å². The first kappa shape index (κ1) is 19.2. The van der Waals surface area contributed by atoms with Crippen molar-refractivity contribution < 1.29 is 9.53 Å². The second-order valence-corrected chi connectivity index (χ2v) is 7.51. The van der Waals surface area contributed by atoms with Crippen molar-refractivity contribution in [2.45, 2.75) is 33.4 Å². The molecule has 1 amide bonds. The van der Waals surface area contributed by atoms with Gasteiger partial charge in [-0.05, 0) is 72.1 Å². The van der Waals surface area contributed by atoms with E-state index >= 15 is 0 Å². The molecule has 0 atom stereocenters. The maximum atomic E-state index is 12.1. The van der Waals surface area contributed by atoms with E-state index in [-0.39, 0.29) is 12.0 Å². The van der Waals surface area contributed by atoms with Gasteiger partial charge in [-0.2, -0.15) is 0 Å². The quantitative estimate of drug-likeness (QED) is 0.588.